The van der Waals surface area contributed by atoms with Gasteiger partial charge in [0.1, 0.15) is 6.04 Å². The second-order valence-corrected chi connectivity index (χ2v) is 5.00. The lowest BCUT2D eigenvalue weighted by Gasteiger charge is -2.19. The van der Waals surface area contributed by atoms with Crippen LogP contribution in [-0.4, -0.2) is 29.1 Å². The average molecular weight is 335 g/mol. The number of carboxylic acid groups (broad SMARTS) is 1. The summed E-state index contributed by atoms with van der Waals surface area (Å²) in [5, 5.41) is 15.1. The number of halogens is 2. The predicted molar refractivity (Wildman–Crippen MR) is 86.3 cm³/mol. The number of benzene rings is 1. The first-order chi connectivity index (χ1) is 9.43. The summed E-state index contributed by atoms with van der Waals surface area (Å²) in [6.45, 7) is 3.53. The normalized spacial score (nSPS) is 12.9. The highest BCUT2D eigenvalue weighted by molar-refractivity contribution is 6.30. The van der Waals surface area contributed by atoms with Crippen LogP contribution in [0.2, 0.25) is 5.02 Å². The molecule has 0 aliphatic rings. The number of rotatable bonds is 7. The second-order valence-electron chi connectivity index (χ2n) is 4.56. The molecule has 7 heteroatoms. The van der Waals surface area contributed by atoms with Gasteiger partial charge in [-0.15, -0.1) is 12.4 Å². The van der Waals surface area contributed by atoms with E-state index in [4.69, 9.17) is 16.7 Å². The average Bonchev–Trinajstić information content (AvgIpc) is 2.40. The molecule has 0 bridgehead atoms. The Labute approximate surface area is 135 Å². The molecule has 3 N–H and O–H groups in total. The number of amides is 1. The Hall–Kier alpha value is -1.30. The van der Waals surface area contributed by atoms with Crippen LogP contribution < -0.4 is 10.6 Å². The molecule has 0 aliphatic heterocycles. The van der Waals surface area contributed by atoms with Crippen molar-refractivity contribution in [3.05, 3.63) is 29.3 Å². The summed E-state index contributed by atoms with van der Waals surface area (Å²) in [5.41, 5.74) is 0.621. The molecule has 0 saturated carbocycles. The summed E-state index contributed by atoms with van der Waals surface area (Å²) in [7, 11) is 0. The highest BCUT2D eigenvalue weighted by atomic mass is 35.5. The van der Waals surface area contributed by atoms with Gasteiger partial charge in [-0.25, -0.2) is 0 Å². The van der Waals surface area contributed by atoms with Crippen LogP contribution in [-0.2, 0) is 9.59 Å². The first kappa shape index (κ1) is 19.7. The fourth-order valence-corrected chi connectivity index (χ4v) is 1.85. The zero-order chi connectivity index (χ0) is 15.1. The number of carboxylic acids is 1. The Morgan fingerprint density at radius 3 is 2.33 bits per heavy atom. The van der Waals surface area contributed by atoms with Crippen LogP contribution >= 0.6 is 24.0 Å². The summed E-state index contributed by atoms with van der Waals surface area (Å²) < 4.78 is 0. The third-order valence-electron chi connectivity index (χ3n) is 2.83. The third-order valence-corrected chi connectivity index (χ3v) is 3.08. The first-order valence-corrected chi connectivity index (χ1v) is 6.87. The van der Waals surface area contributed by atoms with Crippen LogP contribution in [0.5, 0.6) is 0 Å². The standard InChI is InChI=1S/C14H19ClN2O3.ClH/c1-3-4-12(14(19)20)16-9(2)13(18)17-11-7-5-10(15)6-8-11;/h5-9,12,16H,3-4H2,1-2H3,(H,17,18)(H,19,20);1H. The molecule has 0 heterocycles. The fourth-order valence-electron chi connectivity index (χ4n) is 1.73. The van der Waals surface area contributed by atoms with Gasteiger partial charge in [0.2, 0.25) is 5.91 Å². The van der Waals surface area contributed by atoms with Gasteiger partial charge in [0.15, 0.2) is 0 Å². The van der Waals surface area contributed by atoms with Crippen molar-refractivity contribution in [2.45, 2.75) is 38.8 Å². The van der Waals surface area contributed by atoms with Gasteiger partial charge in [0.05, 0.1) is 6.04 Å². The second kappa shape index (κ2) is 9.60. The number of nitrogens with one attached hydrogen (secondary N) is 2. The van der Waals surface area contributed by atoms with Gasteiger partial charge in [-0.1, -0.05) is 24.9 Å². The quantitative estimate of drug-likeness (QED) is 0.716. The van der Waals surface area contributed by atoms with E-state index in [1.54, 1.807) is 31.2 Å². The van der Waals surface area contributed by atoms with E-state index in [2.05, 4.69) is 10.6 Å². The summed E-state index contributed by atoms with van der Waals surface area (Å²) in [5.74, 6) is -1.23. The minimum atomic E-state index is -0.946. The molecule has 0 aliphatic carbocycles. The van der Waals surface area contributed by atoms with Crippen LogP contribution in [0.25, 0.3) is 0 Å². The van der Waals surface area contributed by atoms with E-state index >= 15 is 0 Å². The lowest BCUT2D eigenvalue weighted by molar-refractivity contribution is -0.140. The van der Waals surface area contributed by atoms with Crippen molar-refractivity contribution >= 4 is 41.6 Å². The lowest BCUT2D eigenvalue weighted by Crippen LogP contribution is -2.47. The summed E-state index contributed by atoms with van der Waals surface area (Å²) in [6, 6.07) is 5.41. The molecule has 5 nitrogen and oxygen atoms in total. The third kappa shape index (κ3) is 6.80. The molecule has 1 aromatic carbocycles. The van der Waals surface area contributed by atoms with Gasteiger partial charge in [-0.05, 0) is 37.6 Å². The van der Waals surface area contributed by atoms with Crippen molar-refractivity contribution in [3.63, 3.8) is 0 Å². The molecule has 118 valence electrons. The summed E-state index contributed by atoms with van der Waals surface area (Å²) in [6.07, 6.45) is 1.21. The van der Waals surface area contributed by atoms with E-state index < -0.39 is 18.1 Å². The minimum absolute atomic E-state index is 0. The molecule has 0 saturated heterocycles. The van der Waals surface area contributed by atoms with E-state index in [1.165, 1.54) is 0 Å². The van der Waals surface area contributed by atoms with Crippen LogP contribution in [0.4, 0.5) is 5.69 Å². The number of hydrogen-bond acceptors (Lipinski definition) is 3. The Balaban J connectivity index is 0.00000400. The van der Waals surface area contributed by atoms with E-state index in [1.807, 2.05) is 6.92 Å². The molecular formula is C14H20Cl2N2O3. The van der Waals surface area contributed by atoms with E-state index in [9.17, 15) is 9.59 Å². The number of carbonyl (C=O) groups excluding carboxylic acids is 1. The monoisotopic (exact) mass is 334 g/mol. The summed E-state index contributed by atoms with van der Waals surface area (Å²) >= 11 is 5.76. The molecule has 2 atom stereocenters. The minimum Gasteiger partial charge on any atom is -0.480 e. The van der Waals surface area contributed by atoms with Crippen molar-refractivity contribution in [2.24, 2.45) is 0 Å². The SMILES string of the molecule is CCCC(NC(C)C(=O)Nc1ccc(Cl)cc1)C(=O)O.Cl. The zero-order valence-corrected chi connectivity index (χ0v) is 13.5. The Morgan fingerprint density at radius 1 is 1.29 bits per heavy atom. The Morgan fingerprint density at radius 2 is 1.86 bits per heavy atom. The van der Waals surface area contributed by atoms with Gasteiger partial charge in [-0.2, -0.15) is 0 Å². The summed E-state index contributed by atoms with van der Waals surface area (Å²) in [4.78, 5) is 23.0. The predicted octanol–water partition coefficient (Wildman–Crippen LogP) is 2.93. The Kier molecular flexibility index (Phi) is 9.01. The fraction of sp³-hybridized carbons (Fsp3) is 0.429. The van der Waals surface area contributed by atoms with Crippen LogP contribution in [0.15, 0.2) is 24.3 Å². The van der Waals surface area contributed by atoms with Crippen molar-refractivity contribution in [3.8, 4) is 0 Å². The molecule has 2 unspecified atom stereocenters. The molecule has 1 amide bonds. The molecule has 0 radical (unpaired) electrons. The number of aliphatic carboxylic acids is 1. The molecule has 1 aromatic rings. The maximum atomic E-state index is 12.0. The largest absolute Gasteiger partial charge is 0.480 e. The van der Waals surface area contributed by atoms with Crippen molar-refractivity contribution in [1.82, 2.24) is 5.32 Å². The topological polar surface area (TPSA) is 78.4 Å². The van der Waals surface area contributed by atoms with Crippen molar-refractivity contribution in [2.75, 3.05) is 5.32 Å². The van der Waals surface area contributed by atoms with Crippen LogP contribution in [0.3, 0.4) is 0 Å². The number of hydrogen-bond donors (Lipinski definition) is 3. The lowest BCUT2D eigenvalue weighted by atomic mass is 10.1. The zero-order valence-electron chi connectivity index (χ0n) is 11.9. The van der Waals surface area contributed by atoms with Gasteiger partial charge in [-0.3, -0.25) is 14.9 Å². The van der Waals surface area contributed by atoms with Crippen molar-refractivity contribution in [1.29, 1.82) is 0 Å². The van der Waals surface area contributed by atoms with Gasteiger partial charge in [0, 0.05) is 10.7 Å². The molecule has 0 spiro atoms. The molecule has 21 heavy (non-hydrogen) atoms. The van der Waals surface area contributed by atoms with E-state index in [-0.39, 0.29) is 18.3 Å². The van der Waals surface area contributed by atoms with Gasteiger partial charge >= 0.3 is 5.97 Å². The first-order valence-electron chi connectivity index (χ1n) is 6.49. The molecule has 0 fully saturated rings. The maximum absolute atomic E-state index is 12.0. The maximum Gasteiger partial charge on any atom is 0.320 e. The van der Waals surface area contributed by atoms with Gasteiger partial charge in [0.25, 0.3) is 0 Å². The van der Waals surface area contributed by atoms with Crippen LogP contribution in [0, 0.1) is 0 Å². The number of anilines is 1. The number of carbonyl (C=O) groups is 2. The van der Waals surface area contributed by atoms with Crippen molar-refractivity contribution < 1.29 is 14.7 Å². The van der Waals surface area contributed by atoms with E-state index in [0.717, 1.165) is 6.42 Å². The molecule has 0 aromatic heterocycles. The molecular weight excluding hydrogens is 315 g/mol. The highest BCUT2D eigenvalue weighted by Gasteiger charge is 2.22. The van der Waals surface area contributed by atoms with Gasteiger partial charge < -0.3 is 10.4 Å². The smallest absolute Gasteiger partial charge is 0.320 e. The highest BCUT2D eigenvalue weighted by Crippen LogP contribution is 2.13. The Bertz CT molecular complexity index is 466. The van der Waals surface area contributed by atoms with E-state index in [0.29, 0.717) is 17.1 Å². The van der Waals surface area contributed by atoms with Crippen LogP contribution in [0.1, 0.15) is 26.7 Å². The molecule has 1 rings (SSSR count).